The van der Waals surface area contributed by atoms with Crippen LogP contribution in [0.4, 0.5) is 10.5 Å². The lowest BCUT2D eigenvalue weighted by atomic mass is 9.83. The van der Waals surface area contributed by atoms with Gasteiger partial charge in [0, 0.05) is 95.3 Å². The Morgan fingerprint density at radius 3 is 2.34 bits per heavy atom. The molecule has 1 aromatic carbocycles. The monoisotopic (exact) mass is 651 g/mol. The highest BCUT2D eigenvalue weighted by atomic mass is 16.6. The number of amides is 4. The van der Waals surface area contributed by atoms with Crippen molar-refractivity contribution >= 4 is 35.3 Å². The van der Waals surface area contributed by atoms with E-state index in [0.29, 0.717) is 38.1 Å². The summed E-state index contributed by atoms with van der Waals surface area (Å²) in [5.74, 6) is -0.0830. The summed E-state index contributed by atoms with van der Waals surface area (Å²) in [5, 5.41) is 2.43. The molecule has 2 unspecified atom stereocenters. The molecule has 11 nitrogen and oxygen atoms in total. The fraction of sp³-hybridized carbons (Fsp3) is 0.694. The molecule has 0 bridgehead atoms. The minimum Gasteiger partial charge on any atom is -0.444 e. The predicted molar refractivity (Wildman–Crippen MR) is 179 cm³/mol. The number of ether oxygens (including phenoxy) is 1. The van der Waals surface area contributed by atoms with Gasteiger partial charge in [0.05, 0.1) is 0 Å². The standard InChI is InChI=1S/C36H53N5O6/c1-36(2,3)47-35(46)38(4)15-14-32(43)41-16-12-25(13-17-41)24-39-18-20-40(21-19-39)29-9-10-30-26(23-29)6-5-7-27(33(30)44)22-28-8-11-31(42)37-34(28)45/h9-10,23,25,27-28H,5-8,11-22,24H2,1-4H3,(H,37,42,45). The largest absolute Gasteiger partial charge is 0.444 e. The number of carbonyl (C=O) groups excluding carboxylic acids is 5. The number of Topliss-reactive ketones (excluding diaryl/α,β-unsaturated/α-hetero) is 1. The van der Waals surface area contributed by atoms with E-state index < -0.39 is 11.7 Å². The molecule has 4 aliphatic rings. The zero-order chi connectivity index (χ0) is 33.7. The van der Waals surface area contributed by atoms with Crippen LogP contribution in [-0.4, -0.2) is 109 Å². The van der Waals surface area contributed by atoms with E-state index in [1.807, 2.05) is 31.7 Å². The van der Waals surface area contributed by atoms with E-state index in [9.17, 15) is 24.0 Å². The molecule has 3 aliphatic heterocycles. The molecular weight excluding hydrogens is 598 g/mol. The van der Waals surface area contributed by atoms with Gasteiger partial charge in [0.15, 0.2) is 5.78 Å². The number of hydrogen-bond acceptors (Lipinski definition) is 8. The Morgan fingerprint density at radius 2 is 1.66 bits per heavy atom. The number of carbonyl (C=O) groups is 5. The highest BCUT2D eigenvalue weighted by Gasteiger charge is 2.34. The van der Waals surface area contributed by atoms with Gasteiger partial charge >= 0.3 is 6.09 Å². The third-order valence-electron chi connectivity index (χ3n) is 10.2. The summed E-state index contributed by atoms with van der Waals surface area (Å²) in [6, 6.07) is 6.28. The van der Waals surface area contributed by atoms with Gasteiger partial charge in [-0.3, -0.25) is 29.4 Å². The lowest BCUT2D eigenvalue weighted by molar-refractivity contribution is -0.137. The van der Waals surface area contributed by atoms with Crippen molar-refractivity contribution in [2.24, 2.45) is 17.8 Å². The van der Waals surface area contributed by atoms with Crippen molar-refractivity contribution in [2.45, 2.75) is 84.2 Å². The van der Waals surface area contributed by atoms with Crippen molar-refractivity contribution in [3.05, 3.63) is 29.3 Å². The van der Waals surface area contributed by atoms with Gasteiger partial charge in [-0.2, -0.15) is 0 Å². The van der Waals surface area contributed by atoms with E-state index in [4.69, 9.17) is 4.74 Å². The second-order valence-corrected chi connectivity index (χ2v) is 14.9. The van der Waals surface area contributed by atoms with Crippen molar-refractivity contribution < 1.29 is 28.7 Å². The maximum Gasteiger partial charge on any atom is 0.410 e. The number of anilines is 1. The van der Waals surface area contributed by atoms with Gasteiger partial charge in [-0.15, -0.1) is 0 Å². The molecule has 5 rings (SSSR count). The maximum absolute atomic E-state index is 13.5. The zero-order valence-electron chi connectivity index (χ0n) is 28.7. The number of ketones is 1. The number of piperazine rings is 1. The number of fused-ring (bicyclic) bond motifs is 1. The topological polar surface area (TPSA) is 120 Å². The van der Waals surface area contributed by atoms with Crippen molar-refractivity contribution in [1.29, 1.82) is 0 Å². The number of nitrogens with zero attached hydrogens (tertiary/aromatic N) is 4. The van der Waals surface area contributed by atoms with Crippen LogP contribution >= 0.6 is 0 Å². The molecule has 1 aromatic rings. The molecule has 47 heavy (non-hydrogen) atoms. The minimum absolute atomic E-state index is 0.0970. The summed E-state index contributed by atoms with van der Waals surface area (Å²) in [7, 11) is 1.67. The Balaban J connectivity index is 1.04. The molecule has 1 N–H and O–H groups in total. The summed E-state index contributed by atoms with van der Waals surface area (Å²) >= 11 is 0. The summed E-state index contributed by atoms with van der Waals surface area (Å²) in [4.78, 5) is 70.8. The first-order chi connectivity index (χ1) is 22.4. The summed E-state index contributed by atoms with van der Waals surface area (Å²) in [6.45, 7) is 12.3. The second kappa shape index (κ2) is 15.2. The molecule has 0 saturated carbocycles. The van der Waals surface area contributed by atoms with Crippen molar-refractivity contribution in [3.63, 3.8) is 0 Å². The van der Waals surface area contributed by atoms with Gasteiger partial charge in [-0.25, -0.2) is 4.79 Å². The van der Waals surface area contributed by atoms with E-state index in [-0.39, 0.29) is 35.3 Å². The molecule has 4 amide bonds. The molecule has 0 spiro atoms. The molecule has 1 aliphatic carbocycles. The van der Waals surface area contributed by atoms with Gasteiger partial charge in [-0.1, -0.05) is 0 Å². The van der Waals surface area contributed by atoms with Gasteiger partial charge in [0.2, 0.25) is 17.7 Å². The number of nitrogens with one attached hydrogen (secondary N) is 1. The Bertz CT molecular complexity index is 1330. The van der Waals surface area contributed by atoms with Crippen LogP contribution in [0.2, 0.25) is 0 Å². The SMILES string of the molecule is CN(CCC(=O)N1CCC(CN2CCN(c3ccc4c(c3)CCCC(CC3CCC(=O)NC3=O)C4=O)CC2)CC1)C(=O)OC(C)(C)C. The van der Waals surface area contributed by atoms with E-state index in [1.165, 1.54) is 10.6 Å². The van der Waals surface area contributed by atoms with Crippen LogP contribution < -0.4 is 10.2 Å². The fourth-order valence-corrected chi connectivity index (χ4v) is 7.42. The van der Waals surface area contributed by atoms with Crippen molar-refractivity contribution in [1.82, 2.24) is 20.0 Å². The third kappa shape index (κ3) is 9.33. The molecule has 258 valence electrons. The highest BCUT2D eigenvalue weighted by molar-refractivity contribution is 6.01. The van der Waals surface area contributed by atoms with E-state index >= 15 is 0 Å². The van der Waals surface area contributed by atoms with Crippen molar-refractivity contribution in [3.8, 4) is 0 Å². The molecule has 0 radical (unpaired) electrons. The highest BCUT2D eigenvalue weighted by Crippen LogP contribution is 2.33. The van der Waals surface area contributed by atoms with Gasteiger partial charge in [0.1, 0.15) is 5.60 Å². The van der Waals surface area contributed by atoms with Crippen LogP contribution in [0, 0.1) is 17.8 Å². The first kappa shape index (κ1) is 34.9. The third-order valence-corrected chi connectivity index (χ3v) is 10.2. The number of rotatable bonds is 8. The zero-order valence-corrected chi connectivity index (χ0v) is 28.7. The minimum atomic E-state index is -0.556. The molecule has 11 heteroatoms. The lowest BCUT2D eigenvalue weighted by Gasteiger charge is -2.40. The van der Waals surface area contributed by atoms with Gasteiger partial charge in [0.25, 0.3) is 0 Å². The van der Waals surface area contributed by atoms with E-state index in [0.717, 1.165) is 89.0 Å². The fourth-order valence-electron chi connectivity index (χ4n) is 7.42. The van der Waals surface area contributed by atoms with Crippen LogP contribution in [0.25, 0.3) is 0 Å². The number of hydrogen-bond donors (Lipinski definition) is 1. The predicted octanol–water partition coefficient (Wildman–Crippen LogP) is 3.88. The normalized spacial score (nSPS) is 23.2. The molecule has 2 atom stereocenters. The lowest BCUT2D eigenvalue weighted by Crippen LogP contribution is -2.49. The summed E-state index contributed by atoms with van der Waals surface area (Å²) in [6.07, 6.45) is 5.85. The van der Waals surface area contributed by atoms with Crippen molar-refractivity contribution in [2.75, 3.05) is 64.3 Å². The quantitative estimate of drug-likeness (QED) is 0.332. The molecule has 3 saturated heterocycles. The summed E-state index contributed by atoms with van der Waals surface area (Å²) < 4.78 is 5.38. The maximum atomic E-state index is 13.5. The Hall–Kier alpha value is -3.47. The van der Waals surface area contributed by atoms with Gasteiger partial charge < -0.3 is 19.4 Å². The van der Waals surface area contributed by atoms with E-state index in [2.05, 4.69) is 27.2 Å². The average Bonchev–Trinajstić information content (AvgIpc) is 3.18. The first-order valence-corrected chi connectivity index (χ1v) is 17.6. The van der Waals surface area contributed by atoms with E-state index in [1.54, 1.807) is 7.05 Å². The summed E-state index contributed by atoms with van der Waals surface area (Å²) in [5.41, 5.74) is 2.52. The molecule has 0 aromatic heterocycles. The van der Waals surface area contributed by atoms with Crippen LogP contribution in [0.5, 0.6) is 0 Å². The first-order valence-electron chi connectivity index (χ1n) is 17.6. The Kier molecular flexibility index (Phi) is 11.3. The number of piperidine rings is 2. The molecular formula is C36H53N5O6. The van der Waals surface area contributed by atoms with Crippen LogP contribution in [0.15, 0.2) is 18.2 Å². The second-order valence-electron chi connectivity index (χ2n) is 14.9. The smallest absolute Gasteiger partial charge is 0.410 e. The average molecular weight is 652 g/mol. The van der Waals surface area contributed by atoms with Gasteiger partial charge in [-0.05, 0) is 95.4 Å². The number of likely N-dealkylation sites (tertiary alicyclic amines) is 1. The van der Waals surface area contributed by atoms with Crippen LogP contribution in [0.3, 0.4) is 0 Å². The van der Waals surface area contributed by atoms with Crippen LogP contribution in [-0.2, 0) is 25.5 Å². The number of imide groups is 1. The Morgan fingerprint density at radius 1 is 0.936 bits per heavy atom. The number of benzene rings is 1. The van der Waals surface area contributed by atoms with Crippen LogP contribution in [0.1, 0.15) is 88.1 Å². The molecule has 3 heterocycles. The Labute approximate surface area is 279 Å². The molecule has 3 fully saturated rings. The number of aryl methyl sites for hydroxylation is 1.